The van der Waals surface area contributed by atoms with Crippen LogP contribution in [0.3, 0.4) is 0 Å². The molecule has 1 aromatic carbocycles. The Kier molecular flexibility index (Phi) is 9.37. The first kappa shape index (κ1) is 25.8. The molecule has 3 unspecified atom stereocenters. The molecule has 0 saturated heterocycles. The minimum Gasteiger partial charge on any atom is -0.480 e. The van der Waals surface area contributed by atoms with Crippen molar-refractivity contribution in [2.24, 2.45) is 11.7 Å². The van der Waals surface area contributed by atoms with Crippen molar-refractivity contribution in [2.75, 3.05) is 13.2 Å². The number of carboxylic acids is 1. The summed E-state index contributed by atoms with van der Waals surface area (Å²) in [6, 6.07) is 4.16. The van der Waals surface area contributed by atoms with Crippen molar-refractivity contribution in [1.29, 1.82) is 0 Å². The van der Waals surface area contributed by atoms with Gasteiger partial charge in [0, 0.05) is 23.5 Å². The number of nitrogens with one attached hydrogen (secondary N) is 4. The highest BCUT2D eigenvalue weighted by atomic mass is 16.4. The standard InChI is InChI=1S/C22H31N5O6/c1-12(2)7-15(23)20(31)26-17(8-13-9-24-16-6-4-3-5-14(13)16)22(33)27-18(11-28)21(32)25-10-19(29)30/h3-6,9,12,15,17-18,24,28H,7-8,10-11,23H2,1-2H3,(H,25,32)(H,26,31)(H,27,33)(H,29,30). The van der Waals surface area contributed by atoms with E-state index in [2.05, 4.69) is 20.9 Å². The number of rotatable bonds is 12. The molecule has 3 atom stereocenters. The van der Waals surface area contributed by atoms with Gasteiger partial charge in [0.05, 0.1) is 12.6 Å². The topological polar surface area (TPSA) is 187 Å². The lowest BCUT2D eigenvalue weighted by molar-refractivity contribution is -0.139. The van der Waals surface area contributed by atoms with Crippen molar-refractivity contribution in [1.82, 2.24) is 20.9 Å². The Morgan fingerprint density at radius 2 is 1.70 bits per heavy atom. The molecular weight excluding hydrogens is 430 g/mol. The third-order valence-corrected chi connectivity index (χ3v) is 5.02. The number of amides is 3. The number of nitrogens with two attached hydrogens (primary N) is 1. The SMILES string of the molecule is CC(C)CC(N)C(=O)NC(Cc1c[nH]c2ccccc12)C(=O)NC(CO)C(=O)NCC(=O)O. The van der Waals surface area contributed by atoms with E-state index in [1.54, 1.807) is 6.20 Å². The summed E-state index contributed by atoms with van der Waals surface area (Å²) in [7, 11) is 0. The molecule has 1 heterocycles. The first-order chi connectivity index (χ1) is 15.6. The van der Waals surface area contributed by atoms with Gasteiger partial charge in [0.2, 0.25) is 17.7 Å². The average molecular weight is 462 g/mol. The molecule has 33 heavy (non-hydrogen) atoms. The summed E-state index contributed by atoms with van der Waals surface area (Å²) in [6.45, 7) is 2.43. The maximum atomic E-state index is 13.0. The molecule has 8 N–H and O–H groups in total. The van der Waals surface area contributed by atoms with Gasteiger partial charge >= 0.3 is 5.97 Å². The number of para-hydroxylation sites is 1. The highest BCUT2D eigenvalue weighted by Gasteiger charge is 2.29. The van der Waals surface area contributed by atoms with Crippen molar-refractivity contribution >= 4 is 34.6 Å². The molecule has 0 bridgehead atoms. The highest BCUT2D eigenvalue weighted by molar-refractivity contribution is 5.94. The lowest BCUT2D eigenvalue weighted by atomic mass is 10.0. The molecule has 2 aromatic rings. The Balaban J connectivity index is 2.21. The molecule has 0 radical (unpaired) electrons. The van der Waals surface area contributed by atoms with Gasteiger partial charge in [-0.05, 0) is 24.0 Å². The van der Waals surface area contributed by atoms with Crippen LogP contribution in [-0.2, 0) is 25.6 Å². The number of carbonyl (C=O) groups excluding carboxylic acids is 3. The summed E-state index contributed by atoms with van der Waals surface area (Å²) < 4.78 is 0. The first-order valence-electron chi connectivity index (χ1n) is 10.6. The fraction of sp³-hybridized carbons (Fsp3) is 0.455. The number of carbonyl (C=O) groups is 4. The number of aliphatic hydroxyl groups is 1. The molecule has 0 aliphatic heterocycles. The number of fused-ring (bicyclic) bond motifs is 1. The maximum Gasteiger partial charge on any atom is 0.322 e. The number of hydrogen-bond acceptors (Lipinski definition) is 6. The molecule has 2 rings (SSSR count). The summed E-state index contributed by atoms with van der Waals surface area (Å²) in [5, 5.41) is 26.2. The van der Waals surface area contributed by atoms with Crippen LogP contribution in [-0.4, -0.2) is 70.2 Å². The van der Waals surface area contributed by atoms with Gasteiger partial charge in [-0.2, -0.15) is 0 Å². The van der Waals surface area contributed by atoms with E-state index in [1.165, 1.54) is 0 Å². The Hall–Kier alpha value is -3.44. The zero-order valence-electron chi connectivity index (χ0n) is 18.6. The summed E-state index contributed by atoms with van der Waals surface area (Å²) in [4.78, 5) is 51.5. The Bertz CT molecular complexity index is 989. The summed E-state index contributed by atoms with van der Waals surface area (Å²) >= 11 is 0. The second-order valence-corrected chi connectivity index (χ2v) is 8.22. The van der Waals surface area contributed by atoms with E-state index in [9.17, 15) is 24.3 Å². The normalized spacial score (nSPS) is 13.8. The molecule has 3 amide bonds. The number of aromatic nitrogens is 1. The molecule has 0 saturated carbocycles. The lowest BCUT2D eigenvalue weighted by Crippen LogP contribution is -2.57. The Morgan fingerprint density at radius 1 is 1.03 bits per heavy atom. The minimum atomic E-state index is -1.39. The zero-order valence-corrected chi connectivity index (χ0v) is 18.6. The Labute approximate surface area is 191 Å². The van der Waals surface area contributed by atoms with Crippen LogP contribution in [0.25, 0.3) is 10.9 Å². The minimum absolute atomic E-state index is 0.102. The van der Waals surface area contributed by atoms with Gasteiger partial charge in [0.25, 0.3) is 0 Å². The van der Waals surface area contributed by atoms with Crippen molar-refractivity contribution in [3.05, 3.63) is 36.0 Å². The van der Waals surface area contributed by atoms with Gasteiger partial charge in [-0.1, -0.05) is 32.0 Å². The Morgan fingerprint density at radius 3 is 2.33 bits per heavy atom. The lowest BCUT2D eigenvalue weighted by Gasteiger charge is -2.23. The number of benzene rings is 1. The van der Waals surface area contributed by atoms with Gasteiger partial charge in [0.15, 0.2) is 0 Å². The summed E-state index contributed by atoms with van der Waals surface area (Å²) in [6.07, 6.45) is 2.25. The molecule has 0 aliphatic rings. The number of aromatic amines is 1. The molecule has 0 fully saturated rings. The van der Waals surface area contributed by atoms with Gasteiger partial charge in [0.1, 0.15) is 18.6 Å². The van der Waals surface area contributed by atoms with Crippen LogP contribution in [0.15, 0.2) is 30.5 Å². The first-order valence-corrected chi connectivity index (χ1v) is 10.6. The molecule has 0 spiro atoms. The second-order valence-electron chi connectivity index (χ2n) is 8.22. The van der Waals surface area contributed by atoms with E-state index >= 15 is 0 Å². The molecule has 1 aromatic heterocycles. The second kappa shape index (κ2) is 12.0. The number of H-pyrrole nitrogens is 1. The van der Waals surface area contributed by atoms with Gasteiger partial charge in [-0.25, -0.2) is 0 Å². The van der Waals surface area contributed by atoms with Crippen molar-refractivity contribution < 1.29 is 29.4 Å². The van der Waals surface area contributed by atoms with Crippen molar-refractivity contribution in [3.8, 4) is 0 Å². The third kappa shape index (κ3) is 7.58. The number of aliphatic carboxylic acids is 1. The monoisotopic (exact) mass is 461 g/mol. The largest absolute Gasteiger partial charge is 0.480 e. The molecule has 180 valence electrons. The van der Waals surface area contributed by atoms with E-state index < -0.39 is 55.0 Å². The average Bonchev–Trinajstić information content (AvgIpc) is 3.17. The highest BCUT2D eigenvalue weighted by Crippen LogP contribution is 2.19. The van der Waals surface area contributed by atoms with E-state index in [4.69, 9.17) is 10.8 Å². The van der Waals surface area contributed by atoms with Crippen LogP contribution in [0.1, 0.15) is 25.8 Å². The van der Waals surface area contributed by atoms with E-state index in [0.717, 1.165) is 16.5 Å². The number of carboxylic acid groups (broad SMARTS) is 1. The summed E-state index contributed by atoms with van der Waals surface area (Å²) in [5.41, 5.74) is 7.58. The van der Waals surface area contributed by atoms with Gasteiger partial charge in [-0.15, -0.1) is 0 Å². The predicted molar refractivity (Wildman–Crippen MR) is 121 cm³/mol. The van der Waals surface area contributed by atoms with Crippen LogP contribution < -0.4 is 21.7 Å². The van der Waals surface area contributed by atoms with Crippen LogP contribution in [0, 0.1) is 5.92 Å². The maximum absolute atomic E-state index is 13.0. The molecular formula is C22H31N5O6. The predicted octanol–water partition coefficient (Wildman–Crippen LogP) is -0.753. The van der Waals surface area contributed by atoms with Crippen molar-refractivity contribution in [3.63, 3.8) is 0 Å². The molecule has 11 nitrogen and oxygen atoms in total. The van der Waals surface area contributed by atoms with E-state index in [0.29, 0.717) is 6.42 Å². The number of hydrogen-bond donors (Lipinski definition) is 7. The van der Waals surface area contributed by atoms with Crippen LogP contribution in [0.2, 0.25) is 0 Å². The van der Waals surface area contributed by atoms with Gasteiger partial charge in [-0.3, -0.25) is 19.2 Å². The number of aliphatic hydroxyl groups excluding tert-OH is 1. The summed E-state index contributed by atoms with van der Waals surface area (Å²) in [5.74, 6) is -3.19. The molecule has 11 heteroatoms. The van der Waals surface area contributed by atoms with E-state index in [1.807, 2.05) is 38.1 Å². The van der Waals surface area contributed by atoms with Gasteiger partial charge < -0.3 is 36.9 Å². The van der Waals surface area contributed by atoms with E-state index in [-0.39, 0.29) is 12.3 Å². The third-order valence-electron chi connectivity index (χ3n) is 5.02. The van der Waals surface area contributed by atoms with Crippen molar-refractivity contribution in [2.45, 2.75) is 44.8 Å². The fourth-order valence-electron chi connectivity index (χ4n) is 3.38. The van der Waals surface area contributed by atoms with Crippen LogP contribution in [0.4, 0.5) is 0 Å². The molecule has 0 aliphatic carbocycles. The quantitative estimate of drug-likeness (QED) is 0.216. The van der Waals surface area contributed by atoms with Crippen LogP contribution in [0.5, 0.6) is 0 Å². The fourth-order valence-corrected chi connectivity index (χ4v) is 3.38. The smallest absolute Gasteiger partial charge is 0.322 e. The zero-order chi connectivity index (χ0) is 24.5. The van der Waals surface area contributed by atoms with Crippen LogP contribution >= 0.6 is 0 Å².